The Balaban J connectivity index is 1.83. The highest BCUT2D eigenvalue weighted by atomic mass is 16.2. The van der Waals surface area contributed by atoms with Gasteiger partial charge in [0.25, 0.3) is 0 Å². The van der Waals surface area contributed by atoms with E-state index in [1.165, 1.54) is 11.6 Å². The Kier molecular flexibility index (Phi) is 3.58. The number of aryl methyl sites for hydroxylation is 1. The summed E-state index contributed by atoms with van der Waals surface area (Å²) in [4.78, 5) is 15.6. The molecule has 0 saturated carbocycles. The summed E-state index contributed by atoms with van der Waals surface area (Å²) in [6, 6.07) is 0. The second-order valence-electron chi connectivity index (χ2n) is 4.33. The highest BCUT2D eigenvalue weighted by Crippen LogP contribution is 2.07. The van der Waals surface area contributed by atoms with Gasteiger partial charge in [0.05, 0.1) is 6.20 Å². The van der Waals surface area contributed by atoms with Crippen LogP contribution < -0.4 is 0 Å². The molecule has 0 atom stereocenters. The molecule has 1 saturated heterocycles. The maximum Gasteiger partial charge on any atom is 0.246 e. The average molecular weight is 234 g/mol. The summed E-state index contributed by atoms with van der Waals surface area (Å²) in [6.45, 7) is 7.80. The number of carbonyl (C=O) groups excluding carboxylic acids is 1. The lowest BCUT2D eigenvalue weighted by Gasteiger charge is -2.33. The van der Waals surface area contributed by atoms with E-state index in [9.17, 15) is 4.79 Å². The van der Waals surface area contributed by atoms with E-state index in [2.05, 4.69) is 16.6 Å². The van der Waals surface area contributed by atoms with Crippen LogP contribution in [0.1, 0.15) is 5.56 Å². The molecule has 5 heteroatoms. The van der Waals surface area contributed by atoms with Crippen LogP contribution in [-0.2, 0) is 18.4 Å². The first-order chi connectivity index (χ1) is 8.19. The highest BCUT2D eigenvalue weighted by Gasteiger charge is 2.19. The molecule has 0 spiro atoms. The van der Waals surface area contributed by atoms with Crippen molar-refractivity contribution < 1.29 is 4.79 Å². The van der Waals surface area contributed by atoms with Gasteiger partial charge in [-0.25, -0.2) is 0 Å². The van der Waals surface area contributed by atoms with Crippen LogP contribution in [0.5, 0.6) is 0 Å². The van der Waals surface area contributed by atoms with Gasteiger partial charge in [0.2, 0.25) is 5.91 Å². The second-order valence-corrected chi connectivity index (χ2v) is 4.33. The standard InChI is InChI=1S/C12H18N4O/c1-3-12(17)16-6-4-15(5-7-16)10-11-8-13-14(2)9-11/h3,8-9H,1,4-7,10H2,2H3. The third kappa shape index (κ3) is 2.94. The predicted octanol–water partition coefficient (Wildman–Crippen LogP) is 0.250. The lowest BCUT2D eigenvalue weighted by atomic mass is 10.2. The highest BCUT2D eigenvalue weighted by molar-refractivity contribution is 5.87. The Morgan fingerprint density at radius 2 is 2.18 bits per heavy atom. The van der Waals surface area contributed by atoms with E-state index in [1.54, 1.807) is 0 Å². The fourth-order valence-electron chi connectivity index (χ4n) is 2.07. The number of piperazine rings is 1. The number of nitrogens with zero attached hydrogens (tertiary/aromatic N) is 4. The SMILES string of the molecule is C=CC(=O)N1CCN(Cc2cnn(C)c2)CC1. The third-order valence-electron chi connectivity index (χ3n) is 3.02. The molecule has 1 aliphatic heterocycles. The van der Waals surface area contributed by atoms with E-state index >= 15 is 0 Å². The molecule has 0 aliphatic carbocycles. The van der Waals surface area contributed by atoms with Gasteiger partial charge in [-0.15, -0.1) is 0 Å². The van der Waals surface area contributed by atoms with E-state index in [0.717, 1.165) is 32.7 Å². The summed E-state index contributed by atoms with van der Waals surface area (Å²) in [7, 11) is 1.92. The van der Waals surface area contributed by atoms with Crippen molar-refractivity contribution >= 4 is 5.91 Å². The largest absolute Gasteiger partial charge is 0.337 e. The monoisotopic (exact) mass is 234 g/mol. The number of amides is 1. The van der Waals surface area contributed by atoms with Gasteiger partial charge < -0.3 is 4.90 Å². The number of hydrogen-bond acceptors (Lipinski definition) is 3. The molecule has 1 amide bonds. The fraction of sp³-hybridized carbons (Fsp3) is 0.500. The Morgan fingerprint density at radius 3 is 2.71 bits per heavy atom. The topological polar surface area (TPSA) is 41.4 Å². The van der Waals surface area contributed by atoms with Gasteiger partial charge in [-0.2, -0.15) is 5.10 Å². The molecule has 1 aromatic heterocycles. The van der Waals surface area contributed by atoms with Crippen molar-refractivity contribution in [2.24, 2.45) is 7.05 Å². The summed E-state index contributed by atoms with van der Waals surface area (Å²) in [5.74, 6) is 0.0334. The minimum Gasteiger partial charge on any atom is -0.337 e. The smallest absolute Gasteiger partial charge is 0.246 e. The molecule has 92 valence electrons. The summed E-state index contributed by atoms with van der Waals surface area (Å²) in [5.41, 5.74) is 1.22. The normalized spacial score (nSPS) is 17.1. The summed E-state index contributed by atoms with van der Waals surface area (Å²) in [5, 5.41) is 4.15. The minimum atomic E-state index is 0.0334. The first-order valence-corrected chi connectivity index (χ1v) is 5.80. The molecule has 1 fully saturated rings. The summed E-state index contributed by atoms with van der Waals surface area (Å²) in [6.07, 6.45) is 5.30. The number of hydrogen-bond donors (Lipinski definition) is 0. The molecule has 17 heavy (non-hydrogen) atoms. The zero-order valence-electron chi connectivity index (χ0n) is 10.2. The Labute approximate surface area is 101 Å². The van der Waals surface area contributed by atoms with Crippen molar-refractivity contribution in [1.29, 1.82) is 0 Å². The van der Waals surface area contributed by atoms with Crippen LogP contribution in [0.4, 0.5) is 0 Å². The molecule has 0 aromatic carbocycles. The third-order valence-corrected chi connectivity index (χ3v) is 3.02. The number of aromatic nitrogens is 2. The minimum absolute atomic E-state index is 0.0334. The van der Waals surface area contributed by atoms with Gasteiger partial charge in [0.15, 0.2) is 0 Å². The quantitative estimate of drug-likeness (QED) is 0.704. The van der Waals surface area contributed by atoms with Gasteiger partial charge >= 0.3 is 0 Å². The number of rotatable bonds is 3. The maximum atomic E-state index is 11.4. The van der Waals surface area contributed by atoms with Crippen LogP contribution in [-0.4, -0.2) is 51.7 Å². The van der Waals surface area contributed by atoms with Crippen LogP contribution in [0.3, 0.4) is 0 Å². The van der Waals surface area contributed by atoms with E-state index in [0.29, 0.717) is 0 Å². The Bertz CT molecular complexity index is 404. The van der Waals surface area contributed by atoms with E-state index in [4.69, 9.17) is 0 Å². The molecule has 5 nitrogen and oxygen atoms in total. The molecule has 1 aromatic rings. The lowest BCUT2D eigenvalue weighted by molar-refractivity contribution is -0.127. The predicted molar refractivity (Wildman–Crippen MR) is 65.3 cm³/mol. The fourth-order valence-corrected chi connectivity index (χ4v) is 2.07. The van der Waals surface area contributed by atoms with Crippen LogP contribution >= 0.6 is 0 Å². The van der Waals surface area contributed by atoms with Crippen molar-refractivity contribution in [3.63, 3.8) is 0 Å². The van der Waals surface area contributed by atoms with Crippen LogP contribution in [0.25, 0.3) is 0 Å². The van der Waals surface area contributed by atoms with Crippen molar-refractivity contribution in [3.8, 4) is 0 Å². The summed E-state index contributed by atoms with van der Waals surface area (Å²) < 4.78 is 1.81. The van der Waals surface area contributed by atoms with Crippen molar-refractivity contribution in [2.45, 2.75) is 6.54 Å². The number of carbonyl (C=O) groups is 1. The molecule has 0 radical (unpaired) electrons. The van der Waals surface area contributed by atoms with Crippen LogP contribution in [0.2, 0.25) is 0 Å². The molecule has 2 rings (SSSR count). The van der Waals surface area contributed by atoms with Crippen LogP contribution in [0.15, 0.2) is 25.0 Å². The van der Waals surface area contributed by atoms with E-state index in [1.807, 2.05) is 29.0 Å². The van der Waals surface area contributed by atoms with Gasteiger partial charge in [-0.3, -0.25) is 14.4 Å². The van der Waals surface area contributed by atoms with Gasteiger partial charge in [-0.05, 0) is 6.08 Å². The summed E-state index contributed by atoms with van der Waals surface area (Å²) >= 11 is 0. The molecular formula is C12H18N4O. The van der Waals surface area contributed by atoms with E-state index < -0.39 is 0 Å². The van der Waals surface area contributed by atoms with Gasteiger partial charge in [-0.1, -0.05) is 6.58 Å². The molecule has 0 bridgehead atoms. The molecular weight excluding hydrogens is 216 g/mol. The second kappa shape index (κ2) is 5.14. The van der Waals surface area contributed by atoms with E-state index in [-0.39, 0.29) is 5.91 Å². The Morgan fingerprint density at radius 1 is 1.47 bits per heavy atom. The van der Waals surface area contributed by atoms with Crippen molar-refractivity contribution in [3.05, 3.63) is 30.6 Å². The van der Waals surface area contributed by atoms with Crippen LogP contribution in [0, 0.1) is 0 Å². The molecule has 0 unspecified atom stereocenters. The zero-order chi connectivity index (χ0) is 12.3. The van der Waals surface area contributed by atoms with Gasteiger partial charge in [0, 0.05) is 51.5 Å². The van der Waals surface area contributed by atoms with Gasteiger partial charge in [0.1, 0.15) is 0 Å². The molecule has 1 aliphatic rings. The molecule has 0 N–H and O–H groups in total. The Hall–Kier alpha value is -1.62. The van der Waals surface area contributed by atoms with Crippen molar-refractivity contribution in [2.75, 3.05) is 26.2 Å². The first kappa shape index (κ1) is 11.9. The lowest BCUT2D eigenvalue weighted by Crippen LogP contribution is -2.47. The molecule has 2 heterocycles. The maximum absolute atomic E-state index is 11.4. The van der Waals surface area contributed by atoms with Crippen molar-refractivity contribution in [1.82, 2.24) is 19.6 Å². The average Bonchev–Trinajstić information content (AvgIpc) is 2.75. The first-order valence-electron chi connectivity index (χ1n) is 5.80. The zero-order valence-corrected chi connectivity index (χ0v) is 10.2.